The number of halogens is 3. The maximum Gasteiger partial charge on any atom is 0.313 e. The van der Waals surface area contributed by atoms with Gasteiger partial charge in [0.25, 0.3) is 5.91 Å². The third kappa shape index (κ3) is 3.77. The van der Waals surface area contributed by atoms with Crippen molar-refractivity contribution in [3.63, 3.8) is 0 Å². The number of esters is 1. The van der Waals surface area contributed by atoms with Crippen molar-refractivity contribution in [3.05, 3.63) is 63.8 Å². The number of benzene rings is 2. The SMILES string of the molecule is Cc1c([C@H](C)C(=O)OC(C)C)c2cc(O)c(F)cc2n1C(=O)c1ccc(Cl)c(F)c1. The van der Waals surface area contributed by atoms with Crippen LogP contribution in [0.25, 0.3) is 10.9 Å². The summed E-state index contributed by atoms with van der Waals surface area (Å²) in [5.74, 6) is -4.27. The monoisotopic (exact) mass is 435 g/mol. The maximum absolute atomic E-state index is 14.1. The lowest BCUT2D eigenvalue weighted by atomic mass is 9.97. The number of aromatic nitrogens is 1. The summed E-state index contributed by atoms with van der Waals surface area (Å²) in [7, 11) is 0. The molecule has 3 rings (SSSR count). The first-order chi connectivity index (χ1) is 14.0. The predicted molar refractivity (Wildman–Crippen MR) is 109 cm³/mol. The minimum Gasteiger partial charge on any atom is -0.505 e. The topological polar surface area (TPSA) is 68.5 Å². The van der Waals surface area contributed by atoms with Crippen LogP contribution in [-0.4, -0.2) is 27.7 Å². The van der Waals surface area contributed by atoms with E-state index in [1.54, 1.807) is 27.7 Å². The van der Waals surface area contributed by atoms with Crippen LogP contribution in [0.2, 0.25) is 5.02 Å². The number of aromatic hydroxyl groups is 1. The molecule has 5 nitrogen and oxygen atoms in total. The molecule has 8 heteroatoms. The highest BCUT2D eigenvalue weighted by Gasteiger charge is 2.29. The Bertz CT molecular complexity index is 1170. The molecule has 158 valence electrons. The summed E-state index contributed by atoms with van der Waals surface area (Å²) in [4.78, 5) is 25.7. The molecule has 0 aliphatic heterocycles. The van der Waals surface area contributed by atoms with Gasteiger partial charge >= 0.3 is 5.97 Å². The van der Waals surface area contributed by atoms with Crippen LogP contribution in [0, 0.1) is 18.6 Å². The van der Waals surface area contributed by atoms with Crippen LogP contribution in [0.5, 0.6) is 5.75 Å². The molecule has 0 aliphatic carbocycles. The van der Waals surface area contributed by atoms with Crippen molar-refractivity contribution in [2.45, 2.75) is 39.7 Å². The van der Waals surface area contributed by atoms with E-state index in [1.165, 1.54) is 22.8 Å². The van der Waals surface area contributed by atoms with Gasteiger partial charge in [0, 0.05) is 22.7 Å². The Hall–Kier alpha value is -2.93. The van der Waals surface area contributed by atoms with Gasteiger partial charge in [-0.15, -0.1) is 0 Å². The quantitative estimate of drug-likeness (QED) is 0.562. The molecule has 1 atom stereocenters. The fraction of sp³-hybridized carbons (Fsp3) is 0.273. The first-order valence-corrected chi connectivity index (χ1v) is 9.64. The van der Waals surface area contributed by atoms with Gasteiger partial charge in [-0.1, -0.05) is 11.6 Å². The molecule has 3 aromatic rings. The minimum atomic E-state index is -0.930. The highest BCUT2D eigenvalue weighted by Crippen LogP contribution is 2.36. The lowest BCUT2D eigenvalue weighted by Gasteiger charge is -2.15. The normalized spacial score (nSPS) is 12.4. The van der Waals surface area contributed by atoms with Crippen molar-refractivity contribution in [2.75, 3.05) is 0 Å². The molecule has 1 aromatic heterocycles. The summed E-state index contributed by atoms with van der Waals surface area (Å²) in [5.41, 5.74) is 0.897. The van der Waals surface area contributed by atoms with Gasteiger partial charge in [-0.3, -0.25) is 14.2 Å². The van der Waals surface area contributed by atoms with Crippen LogP contribution >= 0.6 is 11.6 Å². The zero-order valence-electron chi connectivity index (χ0n) is 16.8. The van der Waals surface area contributed by atoms with Gasteiger partial charge in [-0.2, -0.15) is 0 Å². The van der Waals surface area contributed by atoms with Gasteiger partial charge < -0.3 is 9.84 Å². The summed E-state index contributed by atoms with van der Waals surface area (Å²) in [5, 5.41) is 10.1. The second-order valence-corrected chi connectivity index (χ2v) is 7.70. The number of nitrogens with zero attached hydrogens (tertiary/aromatic N) is 1. The van der Waals surface area contributed by atoms with Gasteiger partial charge in [0.05, 0.1) is 22.6 Å². The number of phenolic OH excluding ortho intramolecular Hbond substituents is 1. The Kier molecular flexibility index (Phi) is 5.85. The van der Waals surface area contributed by atoms with Gasteiger partial charge in [0.1, 0.15) is 5.82 Å². The molecule has 1 heterocycles. The lowest BCUT2D eigenvalue weighted by Crippen LogP contribution is -2.19. The molecular weight excluding hydrogens is 416 g/mol. The zero-order valence-corrected chi connectivity index (χ0v) is 17.6. The number of fused-ring (bicyclic) bond motifs is 1. The van der Waals surface area contributed by atoms with Crippen LogP contribution in [-0.2, 0) is 9.53 Å². The zero-order chi connectivity index (χ0) is 22.3. The molecule has 0 radical (unpaired) electrons. The molecule has 0 fully saturated rings. The van der Waals surface area contributed by atoms with E-state index in [1.807, 2.05) is 0 Å². The molecule has 0 bridgehead atoms. The second kappa shape index (κ2) is 8.07. The van der Waals surface area contributed by atoms with E-state index in [0.717, 1.165) is 12.1 Å². The summed E-state index contributed by atoms with van der Waals surface area (Å²) in [6.07, 6.45) is -0.349. The van der Waals surface area contributed by atoms with Crippen molar-refractivity contribution in [1.29, 1.82) is 0 Å². The van der Waals surface area contributed by atoms with Crippen LogP contribution in [0.3, 0.4) is 0 Å². The van der Waals surface area contributed by atoms with E-state index in [9.17, 15) is 23.5 Å². The molecule has 1 N–H and O–H groups in total. The largest absolute Gasteiger partial charge is 0.505 e. The predicted octanol–water partition coefficient (Wildman–Crippen LogP) is 5.33. The molecule has 2 aromatic carbocycles. The van der Waals surface area contributed by atoms with Gasteiger partial charge in [-0.25, -0.2) is 8.78 Å². The standard InChI is InChI=1S/C22H20ClF2NO4/c1-10(2)30-22(29)11(3)20-12(4)26(18-9-17(25)19(27)8-14(18)20)21(28)13-5-6-15(23)16(24)7-13/h5-11,27H,1-4H3/t11-/m0/s1. The summed E-state index contributed by atoms with van der Waals surface area (Å²) < 4.78 is 34.5. The van der Waals surface area contributed by atoms with Crippen LogP contribution < -0.4 is 0 Å². The van der Waals surface area contributed by atoms with E-state index >= 15 is 0 Å². The fourth-order valence-corrected chi connectivity index (χ4v) is 3.58. The Morgan fingerprint density at radius 3 is 2.37 bits per heavy atom. The third-order valence-corrected chi connectivity index (χ3v) is 5.14. The number of phenols is 1. The number of ether oxygens (including phenoxy) is 1. The second-order valence-electron chi connectivity index (χ2n) is 7.30. The molecule has 0 amide bonds. The number of carbonyl (C=O) groups is 2. The van der Waals surface area contributed by atoms with E-state index in [4.69, 9.17) is 16.3 Å². The molecule has 0 saturated carbocycles. The fourth-order valence-electron chi connectivity index (χ4n) is 3.47. The molecule has 0 saturated heterocycles. The van der Waals surface area contributed by atoms with E-state index in [2.05, 4.69) is 0 Å². The first-order valence-electron chi connectivity index (χ1n) is 9.26. The van der Waals surface area contributed by atoms with Crippen molar-refractivity contribution < 1.29 is 28.2 Å². The van der Waals surface area contributed by atoms with Crippen molar-refractivity contribution >= 4 is 34.4 Å². The number of hydrogen-bond acceptors (Lipinski definition) is 4. The highest BCUT2D eigenvalue weighted by molar-refractivity contribution is 6.30. The molecule has 0 aliphatic rings. The first kappa shape index (κ1) is 21.8. The van der Waals surface area contributed by atoms with Crippen molar-refractivity contribution in [2.24, 2.45) is 0 Å². The number of hydrogen-bond donors (Lipinski definition) is 1. The van der Waals surface area contributed by atoms with Gasteiger partial charge in [0.2, 0.25) is 0 Å². The van der Waals surface area contributed by atoms with Crippen LogP contribution in [0.4, 0.5) is 8.78 Å². The summed E-state index contributed by atoms with van der Waals surface area (Å²) >= 11 is 5.70. The Labute approximate surface area is 176 Å². The summed E-state index contributed by atoms with van der Waals surface area (Å²) in [6.45, 7) is 6.61. The molecular formula is C22H20ClF2NO4. The van der Waals surface area contributed by atoms with Gasteiger partial charge in [0.15, 0.2) is 11.6 Å². The third-order valence-electron chi connectivity index (χ3n) is 4.83. The van der Waals surface area contributed by atoms with Crippen molar-refractivity contribution in [3.8, 4) is 5.75 Å². The molecule has 0 unspecified atom stereocenters. The summed E-state index contributed by atoms with van der Waals surface area (Å²) in [6, 6.07) is 5.76. The minimum absolute atomic E-state index is 0.00524. The highest BCUT2D eigenvalue weighted by atomic mass is 35.5. The maximum atomic E-state index is 14.1. The Morgan fingerprint density at radius 1 is 1.10 bits per heavy atom. The lowest BCUT2D eigenvalue weighted by molar-refractivity contribution is -0.148. The Balaban J connectivity index is 2.25. The van der Waals surface area contributed by atoms with Gasteiger partial charge in [-0.05, 0) is 57.5 Å². The molecule has 0 spiro atoms. The number of carbonyl (C=O) groups excluding carboxylic acids is 2. The Morgan fingerprint density at radius 2 is 1.77 bits per heavy atom. The average molecular weight is 436 g/mol. The van der Waals surface area contributed by atoms with Crippen molar-refractivity contribution in [1.82, 2.24) is 4.57 Å². The van der Waals surface area contributed by atoms with E-state index in [-0.39, 0.29) is 22.2 Å². The average Bonchev–Trinajstić information content (AvgIpc) is 2.93. The van der Waals surface area contributed by atoms with Crippen LogP contribution in [0.15, 0.2) is 30.3 Å². The molecule has 30 heavy (non-hydrogen) atoms. The number of rotatable bonds is 4. The van der Waals surface area contributed by atoms with E-state index < -0.39 is 35.2 Å². The smallest absolute Gasteiger partial charge is 0.313 e. The van der Waals surface area contributed by atoms with E-state index in [0.29, 0.717) is 16.6 Å². The van der Waals surface area contributed by atoms with Crippen LogP contribution in [0.1, 0.15) is 48.3 Å².